The van der Waals surface area contributed by atoms with Gasteiger partial charge in [-0.15, -0.1) is 0 Å². The molecule has 0 amide bonds. The quantitative estimate of drug-likeness (QED) is 0.499. The van der Waals surface area contributed by atoms with E-state index in [-0.39, 0.29) is 18.7 Å². The summed E-state index contributed by atoms with van der Waals surface area (Å²) in [6, 6.07) is 14.5. The molecule has 0 fully saturated rings. The molecular formula is C20H15ClN2O4. The number of hydrogen-bond donors (Lipinski definition) is 0. The van der Waals surface area contributed by atoms with Gasteiger partial charge in [-0.25, -0.2) is 4.68 Å². The number of rotatable bonds is 4. The molecule has 6 nitrogen and oxygen atoms in total. The van der Waals surface area contributed by atoms with Crippen LogP contribution in [0.4, 0.5) is 0 Å². The number of halogens is 1. The molecule has 2 aliphatic rings. The minimum Gasteiger partial charge on any atom is -0.464 e. The molecule has 0 aliphatic carbocycles. The maximum atomic E-state index is 13.0. The van der Waals surface area contributed by atoms with Gasteiger partial charge < -0.3 is 9.15 Å². The third kappa shape index (κ3) is 3.19. The van der Waals surface area contributed by atoms with Crippen molar-refractivity contribution in [3.8, 4) is 22.6 Å². The zero-order valence-electron chi connectivity index (χ0n) is 14.4. The first-order valence-corrected chi connectivity index (χ1v) is 8.74. The van der Waals surface area contributed by atoms with E-state index in [0.29, 0.717) is 27.6 Å². The van der Waals surface area contributed by atoms with Gasteiger partial charge in [0.1, 0.15) is 29.2 Å². The highest BCUT2D eigenvalue weighted by Gasteiger charge is 2.25. The fourth-order valence-corrected chi connectivity index (χ4v) is 3.11. The molecular weight excluding hydrogens is 368 g/mol. The maximum absolute atomic E-state index is 13.0. The Labute approximate surface area is 159 Å². The summed E-state index contributed by atoms with van der Waals surface area (Å²) in [5.74, 6) is 0.0329. The van der Waals surface area contributed by atoms with Crippen LogP contribution in [-0.4, -0.2) is 22.4 Å². The fraction of sp³-hybridized carbons (Fsp3) is 0.150. The number of aromatic nitrogens is 2. The average Bonchev–Trinajstić information content (AvgIpc) is 2.99. The Hall–Kier alpha value is -3.12. The second-order valence-corrected chi connectivity index (χ2v) is 6.46. The number of ether oxygens (including phenoxy) is 1. The van der Waals surface area contributed by atoms with Crippen LogP contribution in [0.5, 0.6) is 0 Å². The Morgan fingerprint density at radius 1 is 1.19 bits per heavy atom. The van der Waals surface area contributed by atoms with E-state index in [1.807, 2.05) is 24.3 Å². The third-order valence-electron chi connectivity index (χ3n) is 4.20. The predicted molar refractivity (Wildman–Crippen MR) is 102 cm³/mol. The van der Waals surface area contributed by atoms with Crippen molar-refractivity contribution < 1.29 is 13.9 Å². The summed E-state index contributed by atoms with van der Waals surface area (Å²) in [7, 11) is 0. The standard InChI is InChI=1S/C20H15ClN2O4/c1-12(24)26-11-10-23-20(25)17-18(22-23)15-4-2-3-5-16(15)27-19(17)13-6-8-14(21)9-7-13/h2-9H,10-11H2,1H3. The lowest BCUT2D eigenvalue weighted by molar-refractivity contribution is -0.141. The molecule has 0 spiro atoms. The van der Waals surface area contributed by atoms with Crippen molar-refractivity contribution in [3.63, 3.8) is 0 Å². The van der Waals surface area contributed by atoms with Gasteiger partial charge in [-0.05, 0) is 36.4 Å². The van der Waals surface area contributed by atoms with E-state index < -0.39 is 5.97 Å². The first kappa shape index (κ1) is 17.3. The van der Waals surface area contributed by atoms with Crippen molar-refractivity contribution in [2.24, 2.45) is 0 Å². The highest BCUT2D eigenvalue weighted by Crippen LogP contribution is 2.36. The molecule has 0 unspecified atom stereocenters. The molecule has 2 heterocycles. The van der Waals surface area contributed by atoms with Crippen molar-refractivity contribution in [2.45, 2.75) is 13.5 Å². The van der Waals surface area contributed by atoms with Crippen LogP contribution in [-0.2, 0) is 16.1 Å². The molecule has 4 rings (SSSR count). The maximum Gasteiger partial charge on any atom is 0.302 e. The molecule has 0 saturated carbocycles. The van der Waals surface area contributed by atoms with E-state index in [1.165, 1.54) is 11.6 Å². The summed E-state index contributed by atoms with van der Waals surface area (Å²) < 4.78 is 12.3. The van der Waals surface area contributed by atoms with Crippen LogP contribution >= 0.6 is 11.6 Å². The minimum atomic E-state index is -0.401. The predicted octanol–water partition coefficient (Wildman–Crippen LogP) is 3.98. The SMILES string of the molecule is CC(=O)OCCn1nc2c3ccccc3oc(-c3ccc(Cl)cc3)c-2c1=O. The first-order chi connectivity index (χ1) is 13.0. The average molecular weight is 383 g/mol. The van der Waals surface area contributed by atoms with Crippen LogP contribution < -0.4 is 5.56 Å². The van der Waals surface area contributed by atoms with Gasteiger partial charge in [0.15, 0.2) is 0 Å². The topological polar surface area (TPSA) is 74.3 Å². The van der Waals surface area contributed by atoms with Gasteiger partial charge in [0, 0.05) is 22.9 Å². The summed E-state index contributed by atoms with van der Waals surface area (Å²) in [4.78, 5) is 24.0. The van der Waals surface area contributed by atoms with E-state index in [2.05, 4.69) is 5.10 Å². The Balaban J connectivity index is 1.93. The third-order valence-corrected chi connectivity index (χ3v) is 4.45. The van der Waals surface area contributed by atoms with Gasteiger partial charge in [0.05, 0.1) is 6.54 Å². The summed E-state index contributed by atoms with van der Waals surface area (Å²) in [6.07, 6.45) is 0. The van der Waals surface area contributed by atoms with Crippen LogP contribution in [0.3, 0.4) is 0 Å². The molecule has 0 aromatic heterocycles. The zero-order valence-corrected chi connectivity index (χ0v) is 15.2. The van der Waals surface area contributed by atoms with E-state index in [1.54, 1.807) is 24.3 Å². The number of esters is 1. The number of benzene rings is 2. The fourth-order valence-electron chi connectivity index (χ4n) is 2.98. The molecule has 0 bridgehead atoms. The highest BCUT2D eigenvalue weighted by molar-refractivity contribution is 6.30. The minimum absolute atomic E-state index is 0.0733. The molecule has 2 aliphatic heterocycles. The van der Waals surface area contributed by atoms with Crippen molar-refractivity contribution in [2.75, 3.05) is 6.61 Å². The molecule has 27 heavy (non-hydrogen) atoms. The Bertz CT molecular complexity index is 1160. The number of fused-ring (bicyclic) bond motifs is 3. The highest BCUT2D eigenvalue weighted by atomic mass is 35.5. The number of para-hydroxylation sites is 1. The Morgan fingerprint density at radius 3 is 2.67 bits per heavy atom. The van der Waals surface area contributed by atoms with E-state index >= 15 is 0 Å². The lowest BCUT2D eigenvalue weighted by atomic mass is 10.0. The van der Waals surface area contributed by atoms with Crippen LogP contribution in [0.1, 0.15) is 6.92 Å². The Kier molecular flexibility index (Phi) is 4.41. The smallest absolute Gasteiger partial charge is 0.302 e. The number of carbonyl (C=O) groups excluding carboxylic acids is 1. The van der Waals surface area contributed by atoms with E-state index in [4.69, 9.17) is 20.8 Å². The molecule has 0 radical (unpaired) electrons. The van der Waals surface area contributed by atoms with Crippen LogP contribution in [0.15, 0.2) is 57.7 Å². The summed E-state index contributed by atoms with van der Waals surface area (Å²) in [6.45, 7) is 1.56. The number of carbonyl (C=O) groups is 1. The van der Waals surface area contributed by atoms with Gasteiger partial charge in [-0.2, -0.15) is 5.10 Å². The molecule has 136 valence electrons. The summed E-state index contributed by atoms with van der Waals surface area (Å²) >= 11 is 5.98. The summed E-state index contributed by atoms with van der Waals surface area (Å²) in [5.41, 5.74) is 2.00. The van der Waals surface area contributed by atoms with Crippen molar-refractivity contribution in [1.29, 1.82) is 0 Å². The molecule has 2 aromatic carbocycles. The van der Waals surface area contributed by atoms with Crippen LogP contribution in [0.2, 0.25) is 5.02 Å². The second-order valence-electron chi connectivity index (χ2n) is 6.03. The van der Waals surface area contributed by atoms with Gasteiger partial charge in [0.2, 0.25) is 0 Å². The largest absolute Gasteiger partial charge is 0.464 e. The van der Waals surface area contributed by atoms with Crippen molar-refractivity contribution in [1.82, 2.24) is 9.78 Å². The lowest BCUT2D eigenvalue weighted by Crippen LogP contribution is -2.20. The van der Waals surface area contributed by atoms with Crippen molar-refractivity contribution >= 4 is 28.5 Å². The Morgan fingerprint density at radius 2 is 1.93 bits per heavy atom. The number of hydrogen-bond acceptors (Lipinski definition) is 5. The number of nitrogens with zero attached hydrogens (tertiary/aromatic N) is 2. The van der Waals surface area contributed by atoms with Crippen LogP contribution in [0, 0.1) is 0 Å². The normalized spacial score (nSPS) is 11.2. The van der Waals surface area contributed by atoms with E-state index in [0.717, 1.165) is 10.9 Å². The van der Waals surface area contributed by atoms with E-state index in [9.17, 15) is 9.59 Å². The molecule has 0 atom stereocenters. The second kappa shape index (κ2) is 6.89. The van der Waals surface area contributed by atoms with Gasteiger partial charge in [0.25, 0.3) is 5.56 Å². The van der Waals surface area contributed by atoms with Gasteiger partial charge in [-0.1, -0.05) is 23.7 Å². The molecule has 0 saturated heterocycles. The van der Waals surface area contributed by atoms with Gasteiger partial charge >= 0.3 is 5.97 Å². The van der Waals surface area contributed by atoms with Crippen LogP contribution in [0.25, 0.3) is 33.6 Å². The molecule has 2 aromatic rings. The van der Waals surface area contributed by atoms with Crippen molar-refractivity contribution in [3.05, 3.63) is 63.9 Å². The van der Waals surface area contributed by atoms with Gasteiger partial charge in [-0.3, -0.25) is 9.59 Å². The first-order valence-electron chi connectivity index (χ1n) is 8.36. The molecule has 0 N–H and O–H groups in total. The summed E-state index contributed by atoms with van der Waals surface area (Å²) in [5, 5.41) is 5.80. The monoisotopic (exact) mass is 382 g/mol. The molecule has 7 heteroatoms. The lowest BCUT2D eigenvalue weighted by Gasteiger charge is -2.08. The zero-order chi connectivity index (χ0) is 19.0.